The van der Waals surface area contributed by atoms with E-state index in [1.165, 1.54) is 5.56 Å². The van der Waals surface area contributed by atoms with Gasteiger partial charge in [-0.25, -0.2) is 4.98 Å². The first kappa shape index (κ1) is 15.8. The molecule has 0 spiro atoms. The Morgan fingerprint density at radius 1 is 1.09 bits per heavy atom. The molecule has 1 aliphatic heterocycles. The summed E-state index contributed by atoms with van der Waals surface area (Å²) in [5, 5.41) is 3.43. The smallest absolute Gasteiger partial charge is 0.257 e. The lowest BCUT2D eigenvalue weighted by atomic mass is 9.95. The summed E-state index contributed by atoms with van der Waals surface area (Å²) >= 11 is 0. The van der Waals surface area contributed by atoms with Gasteiger partial charge in [-0.05, 0) is 44.5 Å². The summed E-state index contributed by atoms with van der Waals surface area (Å²) < 4.78 is 12.2. The van der Waals surface area contributed by atoms with Crippen LogP contribution in [0.4, 0.5) is 0 Å². The van der Waals surface area contributed by atoms with Crippen LogP contribution in [0.5, 0.6) is 11.6 Å². The molecule has 1 unspecified atom stereocenters. The lowest BCUT2D eigenvalue weighted by Crippen LogP contribution is -2.22. The molecule has 1 N–H and O–H groups in total. The first-order chi connectivity index (χ1) is 11.2. The van der Waals surface area contributed by atoms with Crippen LogP contribution in [-0.2, 0) is 0 Å². The zero-order valence-electron chi connectivity index (χ0n) is 13.7. The number of ether oxygens (including phenoxy) is 2. The number of nitrogens with zero attached hydrogens (tertiary/aromatic N) is 1. The number of rotatable bonds is 6. The molecule has 23 heavy (non-hydrogen) atoms. The van der Waals surface area contributed by atoms with Crippen molar-refractivity contribution in [1.82, 2.24) is 10.3 Å². The van der Waals surface area contributed by atoms with Gasteiger partial charge in [0.1, 0.15) is 6.10 Å². The van der Waals surface area contributed by atoms with Crippen LogP contribution in [0.1, 0.15) is 31.9 Å². The molecule has 1 aliphatic rings. The SMILES string of the molecule is CC(C)Oc1ncccc1O[C@@H](c1ccccc1)C1CCNC1. The third-order valence-electron chi connectivity index (χ3n) is 3.99. The first-order valence-electron chi connectivity index (χ1n) is 8.28. The van der Waals surface area contributed by atoms with Crippen LogP contribution in [0.2, 0.25) is 0 Å². The second kappa shape index (κ2) is 7.47. The molecule has 1 aromatic heterocycles. The fourth-order valence-electron chi connectivity index (χ4n) is 2.93. The summed E-state index contributed by atoms with van der Waals surface area (Å²) in [6.07, 6.45) is 2.92. The largest absolute Gasteiger partial charge is 0.480 e. The zero-order chi connectivity index (χ0) is 16.1. The topological polar surface area (TPSA) is 43.4 Å². The van der Waals surface area contributed by atoms with E-state index in [0.29, 0.717) is 17.5 Å². The first-order valence-corrected chi connectivity index (χ1v) is 8.28. The quantitative estimate of drug-likeness (QED) is 0.885. The van der Waals surface area contributed by atoms with Crippen molar-refractivity contribution in [2.24, 2.45) is 5.92 Å². The molecule has 0 aliphatic carbocycles. The van der Waals surface area contributed by atoms with Gasteiger partial charge in [0.25, 0.3) is 5.88 Å². The Bertz CT molecular complexity index is 610. The van der Waals surface area contributed by atoms with E-state index in [4.69, 9.17) is 9.47 Å². The fourth-order valence-corrected chi connectivity index (χ4v) is 2.93. The van der Waals surface area contributed by atoms with Gasteiger partial charge in [0.05, 0.1) is 6.10 Å². The lowest BCUT2D eigenvalue weighted by molar-refractivity contribution is 0.130. The summed E-state index contributed by atoms with van der Waals surface area (Å²) in [7, 11) is 0. The molecule has 4 nitrogen and oxygen atoms in total. The molecular formula is C19H24N2O2. The van der Waals surface area contributed by atoms with Crippen molar-refractivity contribution in [1.29, 1.82) is 0 Å². The Morgan fingerprint density at radius 2 is 1.91 bits per heavy atom. The van der Waals surface area contributed by atoms with Crippen molar-refractivity contribution < 1.29 is 9.47 Å². The highest BCUT2D eigenvalue weighted by Crippen LogP contribution is 2.35. The summed E-state index contributed by atoms with van der Waals surface area (Å²) in [4.78, 5) is 4.33. The van der Waals surface area contributed by atoms with Crippen LogP contribution < -0.4 is 14.8 Å². The van der Waals surface area contributed by atoms with Crippen LogP contribution in [0.15, 0.2) is 48.7 Å². The Labute approximate surface area is 137 Å². The lowest BCUT2D eigenvalue weighted by Gasteiger charge is -2.25. The third kappa shape index (κ3) is 4.02. The molecule has 0 saturated carbocycles. The average molecular weight is 312 g/mol. The van der Waals surface area contributed by atoms with Gasteiger partial charge < -0.3 is 14.8 Å². The van der Waals surface area contributed by atoms with Crippen molar-refractivity contribution in [3.8, 4) is 11.6 Å². The van der Waals surface area contributed by atoms with Gasteiger partial charge in [-0.3, -0.25) is 0 Å². The summed E-state index contributed by atoms with van der Waals surface area (Å²) in [5.41, 5.74) is 1.19. The Balaban J connectivity index is 1.87. The number of nitrogens with one attached hydrogen (secondary N) is 1. The molecule has 0 radical (unpaired) electrons. The molecule has 1 aromatic carbocycles. The molecule has 0 bridgehead atoms. The predicted molar refractivity (Wildman–Crippen MR) is 90.8 cm³/mol. The molecule has 2 heterocycles. The minimum Gasteiger partial charge on any atom is -0.480 e. The number of hydrogen-bond donors (Lipinski definition) is 1. The highest BCUT2D eigenvalue weighted by Gasteiger charge is 2.29. The van der Waals surface area contributed by atoms with Crippen molar-refractivity contribution >= 4 is 0 Å². The van der Waals surface area contributed by atoms with E-state index in [2.05, 4.69) is 34.6 Å². The molecule has 2 aromatic rings. The maximum absolute atomic E-state index is 6.39. The van der Waals surface area contributed by atoms with Gasteiger partial charge in [-0.1, -0.05) is 30.3 Å². The molecule has 1 fully saturated rings. The van der Waals surface area contributed by atoms with Crippen LogP contribution >= 0.6 is 0 Å². The Morgan fingerprint density at radius 3 is 2.61 bits per heavy atom. The van der Waals surface area contributed by atoms with E-state index < -0.39 is 0 Å². The molecule has 4 heteroatoms. The summed E-state index contributed by atoms with van der Waals surface area (Å²) in [5.74, 6) is 1.72. The third-order valence-corrected chi connectivity index (χ3v) is 3.99. The van der Waals surface area contributed by atoms with E-state index in [1.807, 2.05) is 32.0 Å². The van der Waals surface area contributed by atoms with E-state index in [-0.39, 0.29) is 12.2 Å². The van der Waals surface area contributed by atoms with Gasteiger partial charge in [0, 0.05) is 18.7 Å². The molecule has 0 amide bonds. The van der Waals surface area contributed by atoms with Crippen molar-refractivity contribution in [2.75, 3.05) is 13.1 Å². The van der Waals surface area contributed by atoms with Crippen LogP contribution in [0, 0.1) is 5.92 Å². The van der Waals surface area contributed by atoms with Crippen LogP contribution in [0.25, 0.3) is 0 Å². The highest BCUT2D eigenvalue weighted by atomic mass is 16.5. The van der Waals surface area contributed by atoms with Crippen molar-refractivity contribution in [2.45, 2.75) is 32.5 Å². The minimum absolute atomic E-state index is 0.00455. The predicted octanol–water partition coefficient (Wildman–Crippen LogP) is 3.60. The zero-order valence-corrected chi connectivity index (χ0v) is 13.7. The van der Waals surface area contributed by atoms with Crippen LogP contribution in [-0.4, -0.2) is 24.2 Å². The maximum atomic E-state index is 6.39. The van der Waals surface area contributed by atoms with E-state index in [0.717, 1.165) is 19.5 Å². The van der Waals surface area contributed by atoms with E-state index in [1.54, 1.807) is 6.20 Å². The van der Waals surface area contributed by atoms with Gasteiger partial charge in [-0.15, -0.1) is 0 Å². The van der Waals surface area contributed by atoms with E-state index >= 15 is 0 Å². The average Bonchev–Trinajstić information content (AvgIpc) is 3.08. The minimum atomic E-state index is 0.00455. The Hall–Kier alpha value is -2.07. The van der Waals surface area contributed by atoms with Crippen molar-refractivity contribution in [3.63, 3.8) is 0 Å². The van der Waals surface area contributed by atoms with Crippen LogP contribution in [0.3, 0.4) is 0 Å². The monoisotopic (exact) mass is 312 g/mol. The highest BCUT2D eigenvalue weighted by molar-refractivity contribution is 5.34. The second-order valence-electron chi connectivity index (χ2n) is 6.18. The number of benzene rings is 1. The second-order valence-corrected chi connectivity index (χ2v) is 6.18. The molecule has 122 valence electrons. The van der Waals surface area contributed by atoms with Gasteiger partial charge in [0.2, 0.25) is 0 Å². The molecule has 1 saturated heterocycles. The number of aromatic nitrogens is 1. The molecular weight excluding hydrogens is 288 g/mol. The molecule has 3 rings (SSSR count). The number of pyridine rings is 1. The Kier molecular flexibility index (Phi) is 5.13. The maximum Gasteiger partial charge on any atom is 0.257 e. The molecule has 2 atom stereocenters. The summed E-state index contributed by atoms with van der Waals surface area (Å²) in [6.45, 7) is 6.00. The fraction of sp³-hybridized carbons (Fsp3) is 0.421. The standard InChI is InChI=1S/C19H24N2O2/c1-14(2)22-19-17(9-6-11-21-19)23-18(16-10-12-20-13-16)15-7-4-3-5-8-15/h3-9,11,14,16,18,20H,10,12-13H2,1-2H3/t16?,18-/m0/s1. The normalized spacial score (nSPS) is 18.8. The number of hydrogen-bond acceptors (Lipinski definition) is 4. The summed E-state index contributed by atoms with van der Waals surface area (Å²) in [6, 6.07) is 14.2. The van der Waals surface area contributed by atoms with Crippen molar-refractivity contribution in [3.05, 3.63) is 54.2 Å². The van der Waals surface area contributed by atoms with Gasteiger partial charge in [-0.2, -0.15) is 0 Å². The van der Waals surface area contributed by atoms with Gasteiger partial charge in [0.15, 0.2) is 5.75 Å². The van der Waals surface area contributed by atoms with E-state index in [9.17, 15) is 0 Å². The van der Waals surface area contributed by atoms with Gasteiger partial charge >= 0.3 is 0 Å².